The summed E-state index contributed by atoms with van der Waals surface area (Å²) >= 11 is 1.30. The number of aromatic nitrogens is 4. The molecule has 0 radical (unpaired) electrons. The smallest absolute Gasteiger partial charge is 0.406 e. The van der Waals surface area contributed by atoms with Gasteiger partial charge < -0.3 is 15.0 Å². The van der Waals surface area contributed by atoms with Gasteiger partial charge in [0.25, 0.3) is 0 Å². The molecular weight excluding hydrogens is 431 g/mol. The minimum Gasteiger partial charge on any atom is -0.406 e. The molecule has 0 aliphatic carbocycles. The Balaban J connectivity index is 1.80. The second-order valence-corrected chi connectivity index (χ2v) is 7.32. The fourth-order valence-electron chi connectivity index (χ4n) is 2.84. The van der Waals surface area contributed by atoms with Crippen LogP contribution in [0.1, 0.15) is 6.92 Å². The normalized spacial score (nSPS) is 11.4. The number of aromatic amines is 1. The van der Waals surface area contributed by atoms with Gasteiger partial charge in [-0.15, -0.1) is 24.5 Å². The van der Waals surface area contributed by atoms with Crippen molar-refractivity contribution in [3.8, 4) is 38.3 Å². The Morgan fingerprint density at radius 1 is 1.13 bits per heavy atom. The molecule has 0 spiro atoms. The van der Waals surface area contributed by atoms with Crippen molar-refractivity contribution < 1.29 is 22.7 Å². The van der Waals surface area contributed by atoms with Crippen molar-refractivity contribution in [3.05, 3.63) is 55.0 Å². The number of alkyl halides is 3. The summed E-state index contributed by atoms with van der Waals surface area (Å²) in [6.07, 6.45) is -0.0507. The number of rotatable bonds is 5. The molecule has 0 saturated carbocycles. The van der Waals surface area contributed by atoms with Gasteiger partial charge in [0.2, 0.25) is 5.91 Å². The zero-order valence-corrected chi connectivity index (χ0v) is 16.7. The SMILES string of the molecule is CC(=O)Nc1cc(-c2nc(-c3cccc(OC(F)(F)F)c3)c(-c3ncc[nH]3)s2)ccn1. The Labute approximate surface area is 178 Å². The summed E-state index contributed by atoms with van der Waals surface area (Å²) in [4.78, 5) is 28.0. The van der Waals surface area contributed by atoms with Gasteiger partial charge in [-0.2, -0.15) is 0 Å². The summed E-state index contributed by atoms with van der Waals surface area (Å²) in [6.45, 7) is 1.38. The van der Waals surface area contributed by atoms with E-state index in [9.17, 15) is 18.0 Å². The maximum Gasteiger partial charge on any atom is 0.573 e. The first-order valence-electron chi connectivity index (χ1n) is 8.89. The predicted octanol–water partition coefficient (Wildman–Crippen LogP) is 5.12. The van der Waals surface area contributed by atoms with Gasteiger partial charge in [0, 0.05) is 36.6 Å². The minimum absolute atomic E-state index is 0.262. The molecule has 3 aromatic heterocycles. The molecular formula is C20H14F3N5O2S. The first kappa shape index (κ1) is 20.5. The fourth-order valence-corrected chi connectivity index (χ4v) is 3.89. The standard InChI is InChI=1S/C20H14F3N5O2S/c1-11(29)27-15-10-13(5-6-24-15)19-28-16(17(31-19)18-25-7-8-26-18)12-3-2-4-14(9-12)30-20(21,22)23/h2-10H,1H3,(H,25,26)(H,24,27,29). The van der Waals surface area contributed by atoms with Crippen molar-refractivity contribution >= 4 is 23.1 Å². The number of thiazole rings is 1. The van der Waals surface area contributed by atoms with Crippen LogP contribution in [0.2, 0.25) is 0 Å². The average Bonchev–Trinajstić information content (AvgIpc) is 3.36. The minimum atomic E-state index is -4.80. The highest BCUT2D eigenvalue weighted by Crippen LogP contribution is 2.40. The number of nitrogens with zero attached hydrogens (tertiary/aromatic N) is 3. The number of anilines is 1. The largest absolute Gasteiger partial charge is 0.573 e. The monoisotopic (exact) mass is 445 g/mol. The highest BCUT2D eigenvalue weighted by molar-refractivity contribution is 7.18. The molecule has 0 aliphatic heterocycles. The number of hydrogen-bond donors (Lipinski definition) is 2. The molecule has 0 fully saturated rings. The molecule has 31 heavy (non-hydrogen) atoms. The summed E-state index contributed by atoms with van der Waals surface area (Å²) in [5.41, 5.74) is 1.57. The Hall–Kier alpha value is -3.73. The van der Waals surface area contributed by atoms with Gasteiger partial charge in [0.1, 0.15) is 22.4 Å². The van der Waals surface area contributed by atoms with E-state index >= 15 is 0 Å². The number of carbonyl (C=O) groups is 1. The van der Waals surface area contributed by atoms with E-state index < -0.39 is 6.36 Å². The van der Waals surface area contributed by atoms with Crippen LogP contribution in [0, 0.1) is 0 Å². The van der Waals surface area contributed by atoms with Gasteiger partial charge in [-0.1, -0.05) is 12.1 Å². The lowest BCUT2D eigenvalue weighted by Crippen LogP contribution is -2.17. The topological polar surface area (TPSA) is 92.8 Å². The van der Waals surface area contributed by atoms with Crippen molar-refractivity contribution in [3.63, 3.8) is 0 Å². The summed E-state index contributed by atoms with van der Waals surface area (Å²) < 4.78 is 42.0. The number of nitrogens with one attached hydrogen (secondary N) is 2. The molecule has 2 N–H and O–H groups in total. The third-order valence-corrected chi connectivity index (χ3v) is 5.10. The number of hydrogen-bond acceptors (Lipinski definition) is 6. The number of benzene rings is 1. The highest BCUT2D eigenvalue weighted by Gasteiger charge is 2.31. The highest BCUT2D eigenvalue weighted by atomic mass is 32.1. The van der Waals surface area contributed by atoms with Crippen LogP contribution >= 0.6 is 11.3 Å². The molecule has 1 aromatic carbocycles. The zero-order valence-electron chi connectivity index (χ0n) is 15.9. The number of imidazole rings is 1. The maximum absolute atomic E-state index is 12.6. The lowest BCUT2D eigenvalue weighted by molar-refractivity contribution is -0.274. The van der Waals surface area contributed by atoms with Gasteiger partial charge >= 0.3 is 6.36 Å². The zero-order chi connectivity index (χ0) is 22.0. The van der Waals surface area contributed by atoms with Crippen LogP contribution < -0.4 is 10.1 Å². The Morgan fingerprint density at radius 2 is 1.97 bits per heavy atom. The second kappa shape index (κ2) is 8.19. The average molecular weight is 445 g/mol. The third-order valence-electron chi connectivity index (χ3n) is 3.99. The summed E-state index contributed by atoms with van der Waals surface area (Å²) in [6, 6.07) is 8.99. The molecule has 158 valence electrons. The number of halogens is 3. The van der Waals surface area contributed by atoms with Gasteiger partial charge in [0.05, 0.1) is 10.6 Å². The predicted molar refractivity (Wildman–Crippen MR) is 109 cm³/mol. The Morgan fingerprint density at radius 3 is 2.68 bits per heavy atom. The van der Waals surface area contributed by atoms with Gasteiger partial charge in [-0.3, -0.25) is 4.79 Å². The maximum atomic E-state index is 12.6. The molecule has 7 nitrogen and oxygen atoms in total. The van der Waals surface area contributed by atoms with Crippen LogP contribution in [0.25, 0.3) is 32.5 Å². The van der Waals surface area contributed by atoms with Crippen molar-refractivity contribution in [2.75, 3.05) is 5.32 Å². The Bertz CT molecular complexity index is 1220. The van der Waals surface area contributed by atoms with Crippen molar-refractivity contribution in [1.82, 2.24) is 19.9 Å². The van der Waals surface area contributed by atoms with Crippen LogP contribution in [-0.2, 0) is 4.79 Å². The van der Waals surface area contributed by atoms with Crippen LogP contribution in [0.5, 0.6) is 5.75 Å². The molecule has 0 aliphatic rings. The summed E-state index contributed by atoms with van der Waals surface area (Å²) in [5, 5.41) is 3.19. The van der Waals surface area contributed by atoms with Crippen LogP contribution in [0.3, 0.4) is 0 Å². The molecule has 1 amide bonds. The quantitative estimate of drug-likeness (QED) is 0.445. The molecule has 0 saturated heterocycles. The first-order chi connectivity index (χ1) is 14.8. The van der Waals surface area contributed by atoms with Gasteiger partial charge in [0.15, 0.2) is 0 Å². The van der Waals surface area contributed by atoms with Gasteiger partial charge in [-0.05, 0) is 24.3 Å². The lowest BCUT2D eigenvalue weighted by atomic mass is 10.1. The number of H-pyrrole nitrogens is 1. The van der Waals surface area contributed by atoms with Crippen molar-refractivity contribution in [1.29, 1.82) is 0 Å². The number of amides is 1. The van der Waals surface area contributed by atoms with E-state index in [1.165, 1.54) is 42.7 Å². The van der Waals surface area contributed by atoms with E-state index in [2.05, 4.69) is 30.0 Å². The van der Waals surface area contributed by atoms with E-state index in [4.69, 9.17) is 0 Å². The van der Waals surface area contributed by atoms with Crippen LogP contribution in [-0.4, -0.2) is 32.2 Å². The summed E-state index contributed by atoms with van der Waals surface area (Å²) in [5.74, 6) is 0.280. The van der Waals surface area contributed by atoms with E-state index in [0.717, 1.165) is 0 Å². The summed E-state index contributed by atoms with van der Waals surface area (Å²) in [7, 11) is 0. The molecule has 4 rings (SSSR count). The van der Waals surface area contributed by atoms with E-state index in [0.29, 0.717) is 38.3 Å². The van der Waals surface area contributed by atoms with Crippen molar-refractivity contribution in [2.45, 2.75) is 13.3 Å². The molecule has 0 unspecified atom stereocenters. The van der Waals surface area contributed by atoms with E-state index in [1.54, 1.807) is 30.6 Å². The third kappa shape index (κ3) is 4.89. The molecule has 0 atom stereocenters. The number of pyridine rings is 1. The second-order valence-electron chi connectivity index (χ2n) is 6.32. The Kier molecular flexibility index (Phi) is 5.42. The number of carbonyl (C=O) groups excluding carboxylic acids is 1. The molecule has 4 aromatic rings. The van der Waals surface area contributed by atoms with Crippen LogP contribution in [0.4, 0.5) is 19.0 Å². The lowest BCUT2D eigenvalue weighted by Gasteiger charge is -2.09. The van der Waals surface area contributed by atoms with Gasteiger partial charge in [-0.25, -0.2) is 15.0 Å². The van der Waals surface area contributed by atoms with E-state index in [-0.39, 0.29) is 11.7 Å². The molecule has 3 heterocycles. The molecule has 11 heteroatoms. The van der Waals surface area contributed by atoms with Crippen molar-refractivity contribution in [2.24, 2.45) is 0 Å². The fraction of sp³-hybridized carbons (Fsp3) is 0.100. The van der Waals surface area contributed by atoms with E-state index in [1.807, 2.05) is 0 Å². The first-order valence-corrected chi connectivity index (χ1v) is 9.71. The molecule has 0 bridgehead atoms. The van der Waals surface area contributed by atoms with Crippen LogP contribution in [0.15, 0.2) is 55.0 Å². The number of ether oxygens (including phenoxy) is 1.